The first-order valence-corrected chi connectivity index (χ1v) is 18.7. The number of pyridine rings is 1. The molecule has 0 bridgehead atoms. The van der Waals surface area contributed by atoms with Crippen molar-refractivity contribution in [2.45, 2.75) is 55.3 Å². The highest BCUT2D eigenvalue weighted by molar-refractivity contribution is 7.87. The SMILES string of the molecule is COc1cc2c(c3c1c(=O)c1cc4ccccc4cc1n3C)[C@H](OS(=O)(=O)c1ccc(C)cc1)[C@H](OS(=O)(=O)c1ccc(C)cc1)C(C)(C)O2. The minimum Gasteiger partial charge on any atom is -0.496 e. The number of benzene rings is 5. The van der Waals surface area contributed by atoms with Gasteiger partial charge < -0.3 is 14.0 Å². The fourth-order valence-electron chi connectivity index (χ4n) is 6.58. The molecule has 2 atom stereocenters. The summed E-state index contributed by atoms with van der Waals surface area (Å²) in [5.41, 5.74) is 0.732. The Morgan fingerprint density at radius 2 is 1.30 bits per heavy atom. The lowest BCUT2D eigenvalue weighted by molar-refractivity contribution is -0.0842. The predicted octanol–water partition coefficient (Wildman–Crippen LogP) is 6.86. The summed E-state index contributed by atoms with van der Waals surface area (Å²) < 4.78 is 81.8. The first-order valence-electron chi connectivity index (χ1n) is 15.9. The third-order valence-electron chi connectivity index (χ3n) is 9.22. The van der Waals surface area contributed by atoms with Crippen molar-refractivity contribution >= 4 is 52.8 Å². The Kier molecular flexibility index (Phi) is 8.06. The summed E-state index contributed by atoms with van der Waals surface area (Å²) >= 11 is 0. The largest absolute Gasteiger partial charge is 0.496 e. The highest BCUT2D eigenvalue weighted by Crippen LogP contribution is 2.50. The summed E-state index contributed by atoms with van der Waals surface area (Å²) in [6, 6.07) is 25.0. The van der Waals surface area contributed by atoms with Gasteiger partial charge in [-0.1, -0.05) is 59.7 Å². The lowest BCUT2D eigenvalue weighted by Crippen LogP contribution is -2.52. The fraction of sp³-hybridized carbons (Fsp3) is 0.237. The molecule has 1 aliphatic heterocycles. The van der Waals surface area contributed by atoms with Gasteiger partial charge in [0, 0.05) is 18.5 Å². The van der Waals surface area contributed by atoms with Crippen LogP contribution in [-0.4, -0.2) is 40.2 Å². The second-order valence-electron chi connectivity index (χ2n) is 13.1. The second kappa shape index (κ2) is 11.9. The number of aromatic nitrogens is 1. The Morgan fingerprint density at radius 1 is 0.760 bits per heavy atom. The van der Waals surface area contributed by atoms with Crippen molar-refractivity contribution in [2.24, 2.45) is 7.05 Å². The molecule has 50 heavy (non-hydrogen) atoms. The van der Waals surface area contributed by atoms with E-state index in [0.29, 0.717) is 10.9 Å². The van der Waals surface area contributed by atoms with Gasteiger partial charge in [-0.05, 0) is 74.9 Å². The zero-order valence-corrected chi connectivity index (χ0v) is 29.9. The molecule has 0 saturated heterocycles. The minimum absolute atomic E-state index is 0.120. The van der Waals surface area contributed by atoms with Crippen molar-refractivity contribution in [1.82, 2.24) is 4.57 Å². The molecule has 0 saturated carbocycles. The van der Waals surface area contributed by atoms with Crippen LogP contribution in [0.15, 0.2) is 106 Å². The molecule has 258 valence electrons. The normalized spacial score (nSPS) is 17.5. The molecule has 6 aromatic rings. The molecule has 0 unspecified atom stereocenters. The van der Waals surface area contributed by atoms with Gasteiger partial charge in [-0.25, -0.2) is 0 Å². The molecule has 5 aromatic carbocycles. The molecule has 0 N–H and O–H groups in total. The van der Waals surface area contributed by atoms with Gasteiger partial charge in [0.15, 0.2) is 0 Å². The average molecular weight is 714 g/mol. The molecule has 0 spiro atoms. The standard InChI is InChI=1S/C38H35NO9S2/c1-22-11-15-26(16-12-22)49(41,42)47-36-33-31(46-38(3,4)37(36)48-50(43,44)27-17-13-23(2)14-18-27)21-30(45-6)32-34(33)39(5)29-20-25-10-8-7-9-24(25)19-28(29)35(32)40/h7-21,36-37H,1-6H3/t36-,37-/m0/s1. The zero-order chi connectivity index (χ0) is 35.7. The minimum atomic E-state index is -4.56. The van der Waals surface area contributed by atoms with Gasteiger partial charge in [0.25, 0.3) is 20.2 Å². The van der Waals surface area contributed by atoms with Crippen LogP contribution in [0.5, 0.6) is 11.5 Å². The quantitative estimate of drug-likeness (QED) is 0.129. The lowest BCUT2D eigenvalue weighted by Gasteiger charge is -2.43. The van der Waals surface area contributed by atoms with Crippen molar-refractivity contribution < 1.29 is 34.7 Å². The first kappa shape index (κ1) is 33.7. The number of nitrogens with zero attached hydrogens (tertiary/aromatic N) is 1. The van der Waals surface area contributed by atoms with Crippen LogP contribution in [-0.2, 0) is 35.7 Å². The summed E-state index contributed by atoms with van der Waals surface area (Å²) in [4.78, 5) is 14.2. The second-order valence-corrected chi connectivity index (χ2v) is 16.2. The van der Waals surface area contributed by atoms with Crippen LogP contribution >= 0.6 is 0 Å². The van der Waals surface area contributed by atoms with Crippen LogP contribution < -0.4 is 14.9 Å². The van der Waals surface area contributed by atoms with Gasteiger partial charge in [-0.3, -0.25) is 13.2 Å². The van der Waals surface area contributed by atoms with E-state index in [1.165, 1.54) is 37.4 Å². The molecule has 0 aliphatic carbocycles. The van der Waals surface area contributed by atoms with Crippen LogP contribution in [0, 0.1) is 13.8 Å². The van der Waals surface area contributed by atoms with Crippen LogP contribution in [0.25, 0.3) is 32.6 Å². The van der Waals surface area contributed by atoms with E-state index in [1.807, 2.05) is 44.2 Å². The van der Waals surface area contributed by atoms with Crippen LogP contribution in [0.2, 0.25) is 0 Å². The summed E-state index contributed by atoms with van der Waals surface area (Å²) in [5, 5.41) is 2.29. The van der Waals surface area contributed by atoms with E-state index >= 15 is 0 Å². The van der Waals surface area contributed by atoms with Crippen LogP contribution in [0.1, 0.15) is 36.6 Å². The van der Waals surface area contributed by atoms with Gasteiger partial charge in [0.1, 0.15) is 29.3 Å². The van der Waals surface area contributed by atoms with E-state index in [-0.39, 0.29) is 43.2 Å². The summed E-state index contributed by atoms with van der Waals surface area (Å²) in [7, 11) is -5.89. The van der Waals surface area contributed by atoms with E-state index in [0.717, 1.165) is 21.9 Å². The maximum atomic E-state index is 14.4. The number of aryl methyl sites for hydroxylation is 3. The highest BCUT2D eigenvalue weighted by Gasteiger charge is 2.51. The summed E-state index contributed by atoms with van der Waals surface area (Å²) in [5.74, 6) is 0.336. The molecule has 1 aromatic heterocycles. The highest BCUT2D eigenvalue weighted by atomic mass is 32.2. The molecule has 0 fully saturated rings. The third-order valence-corrected chi connectivity index (χ3v) is 11.8. The Labute approximate surface area is 290 Å². The Hall–Kier alpha value is -4.75. The molecule has 10 nitrogen and oxygen atoms in total. The number of rotatable bonds is 7. The fourth-order valence-corrected chi connectivity index (χ4v) is 8.82. The van der Waals surface area contributed by atoms with Crippen molar-refractivity contribution in [3.63, 3.8) is 0 Å². The van der Waals surface area contributed by atoms with Gasteiger partial charge in [0.2, 0.25) is 5.43 Å². The van der Waals surface area contributed by atoms with E-state index in [9.17, 15) is 21.6 Å². The van der Waals surface area contributed by atoms with Gasteiger partial charge in [-0.15, -0.1) is 0 Å². The molecule has 0 amide bonds. The number of hydrogen-bond acceptors (Lipinski definition) is 9. The Bertz CT molecular complexity index is 2610. The number of hydrogen-bond donors (Lipinski definition) is 0. The average Bonchev–Trinajstić information content (AvgIpc) is 3.07. The van der Waals surface area contributed by atoms with Crippen molar-refractivity contribution in [3.8, 4) is 11.5 Å². The monoisotopic (exact) mass is 713 g/mol. The molecular weight excluding hydrogens is 679 g/mol. The summed E-state index contributed by atoms with van der Waals surface area (Å²) in [6.07, 6.45) is -3.17. The van der Waals surface area contributed by atoms with Crippen molar-refractivity contribution in [1.29, 1.82) is 0 Å². The van der Waals surface area contributed by atoms with Gasteiger partial charge in [0.05, 0.1) is 38.9 Å². The van der Waals surface area contributed by atoms with E-state index in [2.05, 4.69) is 0 Å². The van der Waals surface area contributed by atoms with E-state index in [4.69, 9.17) is 17.8 Å². The molecule has 12 heteroatoms. The smallest absolute Gasteiger partial charge is 0.297 e. The van der Waals surface area contributed by atoms with Gasteiger partial charge >= 0.3 is 0 Å². The topological polar surface area (TPSA) is 127 Å². The third kappa shape index (κ3) is 5.62. The number of ether oxygens (including phenoxy) is 2. The van der Waals surface area contributed by atoms with Gasteiger partial charge in [-0.2, -0.15) is 16.8 Å². The maximum Gasteiger partial charge on any atom is 0.297 e. The number of fused-ring (bicyclic) bond motifs is 5. The van der Waals surface area contributed by atoms with E-state index in [1.54, 1.807) is 55.8 Å². The van der Waals surface area contributed by atoms with Crippen molar-refractivity contribution in [3.05, 3.63) is 118 Å². The molecular formula is C38H35NO9S2. The predicted molar refractivity (Wildman–Crippen MR) is 191 cm³/mol. The Morgan fingerprint density at radius 3 is 1.86 bits per heavy atom. The van der Waals surface area contributed by atoms with E-state index < -0.39 is 38.0 Å². The molecule has 7 rings (SSSR count). The van der Waals surface area contributed by atoms with Crippen LogP contribution in [0.4, 0.5) is 0 Å². The van der Waals surface area contributed by atoms with Crippen LogP contribution in [0.3, 0.4) is 0 Å². The summed E-state index contributed by atoms with van der Waals surface area (Å²) in [6.45, 7) is 6.81. The molecule has 2 heterocycles. The maximum absolute atomic E-state index is 14.4. The van der Waals surface area contributed by atoms with Crippen molar-refractivity contribution in [2.75, 3.05) is 7.11 Å². The number of methoxy groups -OCH3 is 1. The Balaban J connectivity index is 1.54. The first-order chi connectivity index (χ1) is 23.6. The lowest BCUT2D eigenvalue weighted by atomic mass is 9.86. The molecule has 1 aliphatic rings. The molecule has 0 radical (unpaired) electrons. The zero-order valence-electron chi connectivity index (χ0n) is 28.3.